The van der Waals surface area contributed by atoms with Crippen LogP contribution in [0.3, 0.4) is 0 Å². The highest BCUT2D eigenvalue weighted by Crippen LogP contribution is 2.26. The third-order valence-electron chi connectivity index (χ3n) is 4.25. The fraction of sp³-hybridized carbons (Fsp3) is 0.778. The second kappa shape index (κ2) is 9.59. The highest BCUT2D eigenvalue weighted by molar-refractivity contribution is 5.27. The Kier molecular flexibility index (Phi) is 7.78. The minimum Gasteiger partial charge on any atom is -0.364 e. The van der Waals surface area contributed by atoms with Gasteiger partial charge in [-0.25, -0.2) is 0 Å². The lowest BCUT2D eigenvalue weighted by Gasteiger charge is -2.31. The van der Waals surface area contributed by atoms with Crippen molar-refractivity contribution >= 4 is 0 Å². The van der Waals surface area contributed by atoms with Crippen molar-refractivity contribution in [3.05, 3.63) is 23.8 Å². The summed E-state index contributed by atoms with van der Waals surface area (Å²) in [6, 6.07) is 0. The molecular weight excluding hydrogens is 321 g/mol. The number of rotatable bonds is 8. The number of alkyl halides is 3. The molecule has 1 unspecified atom stereocenters. The maximum atomic E-state index is 12.1. The molecule has 6 heteroatoms. The first-order valence-corrected chi connectivity index (χ1v) is 8.77. The Morgan fingerprint density at radius 2 is 1.92 bits per heavy atom. The van der Waals surface area contributed by atoms with Crippen LogP contribution in [0.1, 0.15) is 45.4 Å². The minimum atomic E-state index is -4.29. The Morgan fingerprint density at radius 3 is 2.50 bits per heavy atom. The molecule has 0 amide bonds. The van der Waals surface area contributed by atoms with Gasteiger partial charge in [0.25, 0.3) is 0 Å². The largest absolute Gasteiger partial charge is 0.411 e. The van der Waals surface area contributed by atoms with Gasteiger partial charge in [0.1, 0.15) is 6.61 Å². The number of unbranched alkanes of at least 4 members (excludes halogenated alkanes) is 3. The summed E-state index contributed by atoms with van der Waals surface area (Å²) in [4.78, 5) is 0. The lowest BCUT2D eigenvalue weighted by molar-refractivity contribution is -0.183. The molecule has 138 valence electrons. The van der Waals surface area contributed by atoms with E-state index >= 15 is 0 Å². The van der Waals surface area contributed by atoms with Gasteiger partial charge in [0.15, 0.2) is 6.29 Å². The molecule has 0 saturated carbocycles. The van der Waals surface area contributed by atoms with Crippen LogP contribution in [0.5, 0.6) is 0 Å². The molecule has 1 heterocycles. The average molecular weight is 348 g/mol. The Bertz CT molecular complexity index is 424. The molecule has 1 atom stereocenters. The predicted molar refractivity (Wildman–Crippen MR) is 85.6 cm³/mol. The van der Waals surface area contributed by atoms with Crippen molar-refractivity contribution in [3.63, 3.8) is 0 Å². The van der Waals surface area contributed by atoms with Crippen LogP contribution in [0.2, 0.25) is 0 Å². The van der Waals surface area contributed by atoms with E-state index < -0.39 is 25.2 Å². The fourth-order valence-corrected chi connectivity index (χ4v) is 2.88. The van der Waals surface area contributed by atoms with E-state index in [9.17, 15) is 13.2 Å². The molecule has 0 radical (unpaired) electrons. The molecule has 0 aromatic rings. The second-order valence-corrected chi connectivity index (χ2v) is 6.48. The van der Waals surface area contributed by atoms with E-state index in [1.807, 2.05) is 6.08 Å². The van der Waals surface area contributed by atoms with Crippen molar-refractivity contribution in [1.29, 1.82) is 0 Å². The molecule has 0 N–H and O–H groups in total. The quantitative estimate of drug-likeness (QED) is 0.591. The summed E-state index contributed by atoms with van der Waals surface area (Å²) in [7, 11) is 0. The molecule has 1 fully saturated rings. The molecule has 0 spiro atoms. The fourth-order valence-electron chi connectivity index (χ4n) is 2.88. The van der Waals surface area contributed by atoms with Crippen molar-refractivity contribution < 1.29 is 27.4 Å². The van der Waals surface area contributed by atoms with Crippen LogP contribution in [-0.2, 0) is 14.2 Å². The summed E-state index contributed by atoms with van der Waals surface area (Å²) in [5.41, 5.74) is 0.867. The number of ether oxygens (including phenoxy) is 3. The first kappa shape index (κ1) is 19.5. The molecule has 24 heavy (non-hydrogen) atoms. The van der Waals surface area contributed by atoms with Gasteiger partial charge in [-0.15, -0.1) is 0 Å². The molecule has 1 saturated heterocycles. The van der Waals surface area contributed by atoms with Gasteiger partial charge in [0, 0.05) is 11.5 Å². The first-order valence-electron chi connectivity index (χ1n) is 8.77. The van der Waals surface area contributed by atoms with Crippen LogP contribution < -0.4 is 0 Å². The Hall–Kier alpha value is -0.850. The van der Waals surface area contributed by atoms with Crippen LogP contribution in [0.15, 0.2) is 23.8 Å². The van der Waals surface area contributed by atoms with Crippen molar-refractivity contribution in [3.8, 4) is 0 Å². The molecule has 2 aliphatic rings. The van der Waals surface area contributed by atoms with Crippen LogP contribution in [-0.4, -0.2) is 38.4 Å². The maximum Gasteiger partial charge on any atom is 0.411 e. The van der Waals surface area contributed by atoms with Crippen molar-refractivity contribution in [2.24, 2.45) is 5.92 Å². The molecule has 2 rings (SSSR count). The predicted octanol–water partition coefficient (Wildman–Crippen LogP) is 4.78. The van der Waals surface area contributed by atoms with E-state index in [2.05, 4.69) is 6.92 Å². The third-order valence-corrected chi connectivity index (χ3v) is 4.25. The zero-order valence-corrected chi connectivity index (χ0v) is 14.2. The van der Waals surface area contributed by atoms with E-state index in [-0.39, 0.29) is 0 Å². The van der Waals surface area contributed by atoms with Gasteiger partial charge >= 0.3 is 6.18 Å². The standard InChI is InChI=1S/C18H27F3O3/c1-2-3-4-5-6-14-11-22-17(23-12-14)15-7-9-16(10-8-15)24-13-18(19,20)21/h7-9,14,16-17H,2-6,10-13H2,1H3. The van der Waals surface area contributed by atoms with Gasteiger partial charge in [-0.05, 0) is 12.8 Å². The highest BCUT2D eigenvalue weighted by atomic mass is 19.4. The monoisotopic (exact) mass is 348 g/mol. The Balaban J connectivity index is 1.66. The highest BCUT2D eigenvalue weighted by Gasteiger charge is 2.30. The molecule has 1 aliphatic carbocycles. The summed E-state index contributed by atoms with van der Waals surface area (Å²) < 4.78 is 52.8. The number of hydrogen-bond donors (Lipinski definition) is 0. The summed E-state index contributed by atoms with van der Waals surface area (Å²) in [5.74, 6) is 0.439. The van der Waals surface area contributed by atoms with Gasteiger partial charge in [0.2, 0.25) is 0 Å². The number of halogens is 3. The summed E-state index contributed by atoms with van der Waals surface area (Å²) in [6.45, 7) is 2.33. The van der Waals surface area contributed by atoms with Gasteiger partial charge in [-0.1, -0.05) is 50.8 Å². The van der Waals surface area contributed by atoms with Gasteiger partial charge < -0.3 is 14.2 Å². The first-order chi connectivity index (χ1) is 11.5. The average Bonchev–Trinajstić information content (AvgIpc) is 2.57. The lowest BCUT2D eigenvalue weighted by atomic mass is 10.0. The maximum absolute atomic E-state index is 12.1. The van der Waals surface area contributed by atoms with E-state index in [1.165, 1.54) is 25.7 Å². The van der Waals surface area contributed by atoms with Crippen molar-refractivity contribution in [2.75, 3.05) is 19.8 Å². The molecule has 1 aliphatic heterocycles. The number of hydrogen-bond acceptors (Lipinski definition) is 3. The molecule has 0 bridgehead atoms. The zero-order valence-electron chi connectivity index (χ0n) is 14.2. The van der Waals surface area contributed by atoms with Crippen LogP contribution in [0, 0.1) is 5.92 Å². The van der Waals surface area contributed by atoms with Gasteiger partial charge in [0.05, 0.1) is 19.3 Å². The third kappa shape index (κ3) is 6.95. The van der Waals surface area contributed by atoms with E-state index in [1.54, 1.807) is 12.2 Å². The topological polar surface area (TPSA) is 27.7 Å². The lowest BCUT2D eigenvalue weighted by Crippen LogP contribution is -2.33. The van der Waals surface area contributed by atoms with E-state index in [0.717, 1.165) is 12.0 Å². The summed E-state index contributed by atoms with van der Waals surface area (Å²) in [6.07, 6.45) is 6.48. The molecular formula is C18H27F3O3. The molecule has 0 aromatic heterocycles. The summed E-state index contributed by atoms with van der Waals surface area (Å²) >= 11 is 0. The SMILES string of the molecule is CCCCCCC1COC(C2=CCC(OCC(F)(F)F)C=C2)OC1. The van der Waals surface area contributed by atoms with E-state index in [4.69, 9.17) is 14.2 Å². The van der Waals surface area contributed by atoms with Crippen molar-refractivity contribution in [2.45, 2.75) is 64.0 Å². The summed E-state index contributed by atoms with van der Waals surface area (Å²) in [5, 5.41) is 0. The normalized spacial score (nSPS) is 28.0. The van der Waals surface area contributed by atoms with Crippen LogP contribution >= 0.6 is 0 Å². The zero-order chi connectivity index (χ0) is 17.4. The minimum absolute atomic E-state index is 0.406. The Labute approximate surface area is 141 Å². The van der Waals surface area contributed by atoms with Crippen molar-refractivity contribution in [1.82, 2.24) is 0 Å². The van der Waals surface area contributed by atoms with Crippen LogP contribution in [0.4, 0.5) is 13.2 Å². The molecule has 0 aromatic carbocycles. The van der Waals surface area contributed by atoms with Gasteiger partial charge in [-0.2, -0.15) is 13.2 Å². The molecule has 3 nitrogen and oxygen atoms in total. The van der Waals surface area contributed by atoms with Gasteiger partial charge in [-0.3, -0.25) is 0 Å². The van der Waals surface area contributed by atoms with E-state index in [0.29, 0.717) is 25.6 Å². The van der Waals surface area contributed by atoms with Crippen LogP contribution in [0.25, 0.3) is 0 Å². The second-order valence-electron chi connectivity index (χ2n) is 6.48. The Morgan fingerprint density at radius 1 is 1.17 bits per heavy atom. The smallest absolute Gasteiger partial charge is 0.364 e.